The van der Waals surface area contributed by atoms with Gasteiger partial charge in [-0.3, -0.25) is 14.5 Å². The molecule has 0 aliphatic carbocycles. The Morgan fingerprint density at radius 3 is 2.36 bits per heavy atom. The number of anilines is 1. The minimum Gasteiger partial charge on any atom is -0.366 e. The van der Waals surface area contributed by atoms with Crippen molar-refractivity contribution >= 4 is 34.1 Å². The van der Waals surface area contributed by atoms with Crippen LogP contribution in [0.25, 0.3) is 22.0 Å². The fourth-order valence-electron chi connectivity index (χ4n) is 6.06. The van der Waals surface area contributed by atoms with Crippen LogP contribution in [0.4, 0.5) is 5.69 Å². The maximum absolute atomic E-state index is 13.7. The van der Waals surface area contributed by atoms with Crippen molar-refractivity contribution < 1.29 is 4.79 Å². The molecule has 39 heavy (non-hydrogen) atoms. The quantitative estimate of drug-likeness (QED) is 0.368. The van der Waals surface area contributed by atoms with E-state index in [1.807, 2.05) is 53.4 Å². The molecule has 0 spiro atoms. The van der Waals surface area contributed by atoms with Crippen molar-refractivity contribution in [3.63, 3.8) is 0 Å². The predicted molar refractivity (Wildman–Crippen MR) is 158 cm³/mol. The number of hydrogen-bond acceptors (Lipinski definition) is 4. The van der Waals surface area contributed by atoms with Crippen molar-refractivity contribution in [2.75, 3.05) is 44.2 Å². The minimum atomic E-state index is -0.133. The van der Waals surface area contributed by atoms with E-state index in [0.717, 1.165) is 74.1 Å². The number of fused-ring (bicyclic) bond motifs is 1. The van der Waals surface area contributed by atoms with Crippen molar-refractivity contribution in [2.45, 2.75) is 19.4 Å². The summed E-state index contributed by atoms with van der Waals surface area (Å²) in [7, 11) is 0. The Bertz CT molecular complexity index is 1510. The molecular weight excluding hydrogens is 508 g/mol. The summed E-state index contributed by atoms with van der Waals surface area (Å²) in [4.78, 5) is 36.8. The minimum absolute atomic E-state index is 0.127. The normalized spacial score (nSPS) is 18.4. The lowest BCUT2D eigenvalue weighted by molar-refractivity contribution is -0.137. The summed E-state index contributed by atoms with van der Waals surface area (Å²) in [5, 5.41) is 1.53. The average molecular weight is 541 g/mol. The zero-order valence-corrected chi connectivity index (χ0v) is 22.7. The van der Waals surface area contributed by atoms with Gasteiger partial charge >= 0.3 is 0 Å². The van der Waals surface area contributed by atoms with E-state index in [4.69, 9.17) is 11.6 Å². The van der Waals surface area contributed by atoms with E-state index >= 15 is 0 Å². The predicted octanol–water partition coefficient (Wildman–Crippen LogP) is 5.41. The van der Waals surface area contributed by atoms with Crippen LogP contribution in [0.3, 0.4) is 0 Å². The number of nitrogens with one attached hydrogen (secondary N) is 1. The number of piperazine rings is 1. The molecule has 2 fully saturated rings. The number of piperidine rings is 1. The van der Waals surface area contributed by atoms with Crippen LogP contribution in [-0.4, -0.2) is 60.0 Å². The zero-order valence-electron chi connectivity index (χ0n) is 22.0. The Hall–Kier alpha value is -3.61. The van der Waals surface area contributed by atoms with E-state index in [-0.39, 0.29) is 17.4 Å². The summed E-state index contributed by atoms with van der Waals surface area (Å²) in [6, 6.07) is 26.1. The number of nitrogens with zero attached hydrogens (tertiary/aromatic N) is 3. The molecule has 0 saturated carbocycles. The smallest absolute Gasteiger partial charge is 0.272 e. The number of hydrogen-bond donors (Lipinski definition) is 1. The third-order valence-corrected chi connectivity index (χ3v) is 8.27. The summed E-state index contributed by atoms with van der Waals surface area (Å²) < 4.78 is 0. The summed E-state index contributed by atoms with van der Waals surface area (Å²) in [5.74, 6) is 0.0816. The molecule has 0 radical (unpaired) electrons. The van der Waals surface area contributed by atoms with E-state index in [0.29, 0.717) is 17.3 Å². The van der Waals surface area contributed by atoms with Gasteiger partial charge in [0.05, 0.1) is 5.92 Å². The van der Waals surface area contributed by atoms with Crippen LogP contribution >= 0.6 is 11.6 Å². The third kappa shape index (κ3) is 5.45. The monoisotopic (exact) mass is 540 g/mol. The molecule has 200 valence electrons. The van der Waals surface area contributed by atoms with E-state index in [1.165, 1.54) is 5.56 Å². The van der Waals surface area contributed by atoms with Gasteiger partial charge in [-0.2, -0.15) is 0 Å². The highest BCUT2D eigenvalue weighted by molar-refractivity contribution is 6.31. The van der Waals surface area contributed by atoms with Crippen LogP contribution in [0.15, 0.2) is 83.7 Å². The van der Waals surface area contributed by atoms with Gasteiger partial charge in [-0.25, -0.2) is 0 Å². The van der Waals surface area contributed by atoms with Crippen molar-refractivity contribution in [1.29, 1.82) is 0 Å². The SMILES string of the molecule is O=C(C1CCCN(c2c(-c3ccccc3)c3cc(Cl)ccc3[nH]c2=O)C1)N1CCN(Cc2ccccc2)CC1. The molecule has 1 amide bonds. The molecule has 4 aromatic rings. The first kappa shape index (κ1) is 25.7. The van der Waals surface area contributed by atoms with Crippen molar-refractivity contribution in [3.8, 4) is 11.1 Å². The molecule has 0 bridgehead atoms. The first-order valence-electron chi connectivity index (χ1n) is 13.8. The van der Waals surface area contributed by atoms with E-state index in [9.17, 15) is 9.59 Å². The molecule has 1 aromatic heterocycles. The zero-order chi connectivity index (χ0) is 26.8. The summed E-state index contributed by atoms with van der Waals surface area (Å²) in [6.07, 6.45) is 1.71. The number of carbonyl (C=O) groups excluding carboxylic acids is 1. The Morgan fingerprint density at radius 2 is 1.62 bits per heavy atom. The summed E-state index contributed by atoms with van der Waals surface area (Å²) in [6.45, 7) is 5.43. The van der Waals surface area contributed by atoms with Gasteiger partial charge in [0.15, 0.2) is 0 Å². The number of aromatic nitrogens is 1. The van der Waals surface area contributed by atoms with E-state index < -0.39 is 0 Å². The second kappa shape index (κ2) is 11.2. The topological polar surface area (TPSA) is 59.7 Å². The van der Waals surface area contributed by atoms with Crippen molar-refractivity contribution in [1.82, 2.24) is 14.8 Å². The second-order valence-corrected chi connectivity index (χ2v) is 11.0. The lowest BCUT2D eigenvalue weighted by atomic mass is 9.93. The number of amides is 1. The number of aromatic amines is 1. The van der Waals surface area contributed by atoms with Crippen LogP contribution in [0, 0.1) is 5.92 Å². The summed E-state index contributed by atoms with van der Waals surface area (Å²) in [5.41, 5.74) is 4.39. The third-order valence-electron chi connectivity index (χ3n) is 8.03. The first-order valence-corrected chi connectivity index (χ1v) is 14.2. The Labute approximate surface area is 233 Å². The summed E-state index contributed by atoms with van der Waals surface area (Å²) >= 11 is 6.40. The highest BCUT2D eigenvalue weighted by atomic mass is 35.5. The van der Waals surface area contributed by atoms with Crippen LogP contribution in [0.1, 0.15) is 18.4 Å². The number of carbonyl (C=O) groups is 1. The molecule has 7 heteroatoms. The van der Waals surface area contributed by atoms with Crippen molar-refractivity contribution in [3.05, 3.63) is 99.8 Å². The molecule has 3 heterocycles. The standard InChI is InChI=1S/C32H33ClN4O2/c33-26-13-14-28-27(20-26)29(24-10-5-2-6-11-24)30(31(38)34-28)37-15-7-12-25(22-37)32(39)36-18-16-35(17-19-36)21-23-8-3-1-4-9-23/h1-6,8-11,13-14,20,25H,7,12,15-19,21-22H2,(H,34,38). The van der Waals surface area contributed by atoms with Crippen LogP contribution < -0.4 is 10.5 Å². The molecule has 1 unspecified atom stereocenters. The van der Waals surface area contributed by atoms with Gasteiger partial charge in [-0.05, 0) is 42.2 Å². The van der Waals surface area contributed by atoms with Gasteiger partial charge in [0.25, 0.3) is 5.56 Å². The Morgan fingerprint density at radius 1 is 0.897 bits per heavy atom. The maximum atomic E-state index is 13.7. The van der Waals surface area contributed by atoms with Crippen LogP contribution in [0.2, 0.25) is 5.02 Å². The van der Waals surface area contributed by atoms with Crippen LogP contribution in [0.5, 0.6) is 0 Å². The number of benzene rings is 3. The largest absolute Gasteiger partial charge is 0.366 e. The fourth-order valence-corrected chi connectivity index (χ4v) is 6.23. The lowest BCUT2D eigenvalue weighted by Gasteiger charge is -2.39. The molecule has 1 atom stereocenters. The fraction of sp³-hybridized carbons (Fsp3) is 0.312. The van der Waals surface area contributed by atoms with E-state index in [2.05, 4.69) is 39.0 Å². The van der Waals surface area contributed by atoms with Gasteiger partial charge in [0.1, 0.15) is 5.69 Å². The Balaban J connectivity index is 1.23. The number of halogens is 1. The van der Waals surface area contributed by atoms with Gasteiger partial charge in [0, 0.05) is 67.3 Å². The molecule has 3 aromatic carbocycles. The second-order valence-electron chi connectivity index (χ2n) is 10.6. The van der Waals surface area contributed by atoms with Gasteiger partial charge in [-0.15, -0.1) is 0 Å². The first-order chi connectivity index (χ1) is 19.1. The average Bonchev–Trinajstić information content (AvgIpc) is 2.98. The highest BCUT2D eigenvalue weighted by Gasteiger charge is 2.33. The molecule has 6 rings (SSSR count). The molecule has 6 nitrogen and oxygen atoms in total. The molecule has 2 saturated heterocycles. The molecule has 2 aliphatic heterocycles. The van der Waals surface area contributed by atoms with Gasteiger partial charge < -0.3 is 14.8 Å². The highest BCUT2D eigenvalue weighted by Crippen LogP contribution is 2.37. The van der Waals surface area contributed by atoms with Crippen molar-refractivity contribution in [2.24, 2.45) is 5.92 Å². The van der Waals surface area contributed by atoms with Gasteiger partial charge in [0.2, 0.25) is 5.91 Å². The molecular formula is C32H33ClN4O2. The van der Waals surface area contributed by atoms with E-state index in [1.54, 1.807) is 6.07 Å². The number of pyridine rings is 1. The number of rotatable bonds is 5. The molecule has 1 N–H and O–H groups in total. The van der Waals surface area contributed by atoms with Gasteiger partial charge in [-0.1, -0.05) is 72.3 Å². The number of H-pyrrole nitrogens is 1. The Kier molecular flexibility index (Phi) is 7.40. The van der Waals surface area contributed by atoms with Crippen LogP contribution in [-0.2, 0) is 11.3 Å². The lowest BCUT2D eigenvalue weighted by Crippen LogP contribution is -2.52. The maximum Gasteiger partial charge on any atom is 0.272 e. The molecule has 2 aliphatic rings.